The van der Waals surface area contributed by atoms with E-state index in [1.165, 1.54) is 33.2 Å². The maximum Gasteiger partial charge on any atom is 0.258 e. The van der Waals surface area contributed by atoms with E-state index in [4.69, 9.17) is 0 Å². The summed E-state index contributed by atoms with van der Waals surface area (Å²) in [5.74, 6) is 0. The highest BCUT2D eigenvalue weighted by molar-refractivity contribution is 7.15. The van der Waals surface area contributed by atoms with E-state index >= 15 is 0 Å². The zero-order valence-electron chi connectivity index (χ0n) is 13.0. The van der Waals surface area contributed by atoms with Crippen molar-refractivity contribution in [3.8, 4) is 0 Å². The third kappa shape index (κ3) is 2.05. The van der Waals surface area contributed by atoms with E-state index in [-0.39, 0.29) is 5.56 Å². The van der Waals surface area contributed by atoms with Gasteiger partial charge in [-0.1, -0.05) is 24.3 Å². The Morgan fingerprint density at radius 2 is 2.04 bits per heavy atom. The molecule has 0 spiro atoms. The molecule has 0 saturated heterocycles. The van der Waals surface area contributed by atoms with Gasteiger partial charge in [-0.05, 0) is 35.4 Å². The number of nitrogens with zero attached hydrogens (tertiary/aromatic N) is 2. The molecule has 0 saturated carbocycles. The number of aromatic nitrogens is 2. The van der Waals surface area contributed by atoms with Crippen LogP contribution in [0.4, 0.5) is 5.69 Å². The molecule has 118 valence electrons. The van der Waals surface area contributed by atoms with Crippen molar-refractivity contribution in [2.24, 2.45) is 0 Å². The normalized spacial score (nSPS) is 13.0. The molecule has 5 heteroatoms. The number of fused-ring (bicyclic) bond motifs is 1. The average molecular weight is 333 g/mol. The highest BCUT2D eigenvalue weighted by atomic mass is 32.1. The van der Waals surface area contributed by atoms with Crippen molar-refractivity contribution in [2.45, 2.75) is 19.4 Å². The zero-order valence-corrected chi connectivity index (χ0v) is 13.8. The maximum atomic E-state index is 12.1. The van der Waals surface area contributed by atoms with Crippen LogP contribution in [0.25, 0.3) is 15.7 Å². The van der Waals surface area contributed by atoms with Crippen LogP contribution >= 0.6 is 11.3 Å². The quantitative estimate of drug-likeness (QED) is 0.623. The molecule has 5 rings (SSSR count). The lowest BCUT2D eigenvalue weighted by Crippen LogP contribution is -2.14. The lowest BCUT2D eigenvalue weighted by atomic mass is 10.0. The second kappa shape index (κ2) is 5.18. The molecule has 0 radical (unpaired) electrons. The summed E-state index contributed by atoms with van der Waals surface area (Å²) >= 11 is 1.48. The van der Waals surface area contributed by atoms with Crippen LogP contribution in [0, 0.1) is 0 Å². The summed E-state index contributed by atoms with van der Waals surface area (Å²) in [7, 11) is 0. The summed E-state index contributed by atoms with van der Waals surface area (Å²) in [4.78, 5) is 17.4. The first-order valence-corrected chi connectivity index (χ1v) is 8.91. The Kier molecular flexibility index (Phi) is 2.97. The Bertz CT molecular complexity index is 1130. The number of benzene rings is 2. The van der Waals surface area contributed by atoms with Crippen LogP contribution < -0.4 is 10.9 Å². The number of hydrogen-bond acceptors (Lipinski definition) is 4. The fourth-order valence-corrected chi connectivity index (χ4v) is 4.30. The van der Waals surface area contributed by atoms with E-state index in [1.54, 1.807) is 16.7 Å². The molecular weight excluding hydrogens is 318 g/mol. The van der Waals surface area contributed by atoms with Crippen LogP contribution in [-0.2, 0) is 19.4 Å². The number of aryl methyl sites for hydroxylation is 2. The van der Waals surface area contributed by atoms with Crippen LogP contribution in [-0.4, -0.2) is 9.38 Å². The lowest BCUT2D eigenvalue weighted by Gasteiger charge is -2.11. The van der Waals surface area contributed by atoms with Gasteiger partial charge in [-0.15, -0.1) is 11.3 Å². The van der Waals surface area contributed by atoms with E-state index in [0.717, 1.165) is 29.2 Å². The standard InChI is InChI=1S/C19H15N3OS/c23-17-10-14(21-19-22(17)8-9-24-19)11-20-16-7-6-13-5-4-12-2-1-3-15(16)18(12)13/h1-3,6-10,20H,4-5,11H2. The third-order valence-electron chi connectivity index (χ3n) is 4.69. The van der Waals surface area contributed by atoms with Crippen molar-refractivity contribution < 1.29 is 0 Å². The number of nitrogens with one attached hydrogen (secondary N) is 1. The molecule has 24 heavy (non-hydrogen) atoms. The van der Waals surface area contributed by atoms with E-state index in [9.17, 15) is 4.79 Å². The predicted molar refractivity (Wildman–Crippen MR) is 98.0 cm³/mol. The van der Waals surface area contributed by atoms with E-state index in [1.807, 2.05) is 5.38 Å². The smallest absolute Gasteiger partial charge is 0.258 e. The van der Waals surface area contributed by atoms with Gasteiger partial charge < -0.3 is 5.32 Å². The topological polar surface area (TPSA) is 46.4 Å². The monoisotopic (exact) mass is 333 g/mol. The largest absolute Gasteiger partial charge is 0.379 e. The van der Waals surface area contributed by atoms with Crippen molar-refractivity contribution >= 4 is 32.8 Å². The fraction of sp³-hybridized carbons (Fsp3) is 0.158. The molecule has 4 aromatic rings. The summed E-state index contributed by atoms with van der Waals surface area (Å²) in [5, 5.41) is 8.00. The number of rotatable bonds is 3. The number of hydrogen-bond donors (Lipinski definition) is 1. The second-order valence-electron chi connectivity index (χ2n) is 6.11. The van der Waals surface area contributed by atoms with Gasteiger partial charge in [-0.25, -0.2) is 4.98 Å². The number of thiazole rings is 1. The molecule has 1 N–H and O–H groups in total. The van der Waals surface area contributed by atoms with Gasteiger partial charge in [0.1, 0.15) is 0 Å². The molecule has 0 amide bonds. The van der Waals surface area contributed by atoms with Crippen molar-refractivity contribution in [3.63, 3.8) is 0 Å². The molecule has 0 bridgehead atoms. The molecule has 2 heterocycles. The summed E-state index contributed by atoms with van der Waals surface area (Å²) in [6.07, 6.45) is 4.02. The van der Waals surface area contributed by atoms with Gasteiger partial charge in [0.25, 0.3) is 5.56 Å². The molecule has 2 aromatic heterocycles. The van der Waals surface area contributed by atoms with Crippen LogP contribution in [0.5, 0.6) is 0 Å². The number of anilines is 1. The fourth-order valence-electron chi connectivity index (χ4n) is 3.57. The SMILES string of the molecule is O=c1cc(CNc2ccc3c4c(cccc24)CC3)nc2sccn12. The minimum atomic E-state index is -0.0292. The van der Waals surface area contributed by atoms with Crippen molar-refractivity contribution in [3.05, 3.63) is 75.1 Å². The summed E-state index contributed by atoms with van der Waals surface area (Å²) < 4.78 is 1.58. The summed E-state index contributed by atoms with van der Waals surface area (Å²) in [6.45, 7) is 0.544. The maximum absolute atomic E-state index is 12.1. The minimum Gasteiger partial charge on any atom is -0.379 e. The second-order valence-corrected chi connectivity index (χ2v) is 6.98. The first-order valence-electron chi connectivity index (χ1n) is 8.03. The van der Waals surface area contributed by atoms with Crippen LogP contribution in [0.2, 0.25) is 0 Å². The molecule has 4 nitrogen and oxygen atoms in total. The van der Waals surface area contributed by atoms with Gasteiger partial charge >= 0.3 is 0 Å². The molecule has 1 aliphatic carbocycles. The van der Waals surface area contributed by atoms with Crippen LogP contribution in [0.15, 0.2) is 52.8 Å². The lowest BCUT2D eigenvalue weighted by molar-refractivity contribution is 0.991. The third-order valence-corrected chi connectivity index (χ3v) is 5.45. The Labute approximate surface area is 142 Å². The molecule has 0 fully saturated rings. The summed E-state index contributed by atoms with van der Waals surface area (Å²) in [5.41, 5.74) is 4.71. The zero-order chi connectivity index (χ0) is 16.1. The Morgan fingerprint density at radius 1 is 1.17 bits per heavy atom. The first kappa shape index (κ1) is 13.7. The molecule has 0 atom stereocenters. The summed E-state index contributed by atoms with van der Waals surface area (Å²) in [6, 6.07) is 12.5. The van der Waals surface area contributed by atoms with Gasteiger partial charge in [0.15, 0.2) is 4.96 Å². The van der Waals surface area contributed by atoms with Crippen molar-refractivity contribution in [1.82, 2.24) is 9.38 Å². The van der Waals surface area contributed by atoms with Gasteiger partial charge in [-0.2, -0.15) is 0 Å². The highest BCUT2D eigenvalue weighted by Crippen LogP contribution is 2.35. The van der Waals surface area contributed by atoms with Gasteiger partial charge in [-0.3, -0.25) is 9.20 Å². The van der Waals surface area contributed by atoms with Crippen LogP contribution in [0.3, 0.4) is 0 Å². The highest BCUT2D eigenvalue weighted by Gasteiger charge is 2.15. The Morgan fingerprint density at radius 3 is 2.96 bits per heavy atom. The first-order chi connectivity index (χ1) is 11.8. The van der Waals surface area contributed by atoms with E-state index in [0.29, 0.717) is 6.54 Å². The molecule has 0 aliphatic heterocycles. The average Bonchev–Trinajstić information content (AvgIpc) is 3.23. The van der Waals surface area contributed by atoms with Crippen LogP contribution in [0.1, 0.15) is 16.8 Å². The molecule has 1 aliphatic rings. The van der Waals surface area contributed by atoms with E-state index in [2.05, 4.69) is 40.6 Å². The van der Waals surface area contributed by atoms with Crippen molar-refractivity contribution in [1.29, 1.82) is 0 Å². The molecular formula is C19H15N3OS. The van der Waals surface area contributed by atoms with Crippen molar-refractivity contribution in [2.75, 3.05) is 5.32 Å². The van der Waals surface area contributed by atoms with Gasteiger partial charge in [0.2, 0.25) is 0 Å². The Balaban J connectivity index is 1.52. The van der Waals surface area contributed by atoms with E-state index < -0.39 is 0 Å². The Hall–Kier alpha value is -2.66. The van der Waals surface area contributed by atoms with Gasteiger partial charge in [0.05, 0.1) is 12.2 Å². The minimum absolute atomic E-state index is 0.0292. The molecule has 2 aromatic carbocycles. The predicted octanol–water partition coefficient (Wildman–Crippen LogP) is 3.62. The molecule has 0 unspecified atom stereocenters. The van der Waals surface area contributed by atoms with Gasteiger partial charge in [0, 0.05) is 28.7 Å².